The molecule has 0 aliphatic rings. The number of carbonyl (C=O) groups excluding carboxylic acids is 1. The molecule has 0 spiro atoms. The number of aryl methyl sites for hydroxylation is 1. The molecule has 12 heteroatoms. The molecule has 5 aromatic rings. The van der Waals surface area contributed by atoms with Crippen molar-refractivity contribution in [1.29, 1.82) is 0 Å². The smallest absolute Gasteiger partial charge is 0.271 e. The van der Waals surface area contributed by atoms with E-state index in [0.717, 1.165) is 23.5 Å². The van der Waals surface area contributed by atoms with Gasteiger partial charge in [-0.25, -0.2) is 9.07 Å². The van der Waals surface area contributed by atoms with E-state index in [4.69, 9.17) is 28.9 Å². The number of anilines is 2. The van der Waals surface area contributed by atoms with Crippen molar-refractivity contribution in [3.8, 4) is 17.2 Å². The number of aromatic nitrogens is 6. The lowest BCUT2D eigenvalue weighted by Crippen LogP contribution is -2.14. The van der Waals surface area contributed by atoms with E-state index in [1.807, 2.05) is 29.5 Å². The van der Waals surface area contributed by atoms with Crippen LogP contribution in [0.2, 0.25) is 10.0 Å². The highest BCUT2D eigenvalue weighted by Crippen LogP contribution is 2.31. The maximum atomic E-state index is 13.6. The number of hydrogen-bond donors (Lipinski definition) is 2. The summed E-state index contributed by atoms with van der Waals surface area (Å²) in [5.74, 6) is -0.766. The first kappa shape index (κ1) is 21.8. The van der Waals surface area contributed by atoms with Crippen LogP contribution in [0.5, 0.6) is 0 Å². The highest BCUT2D eigenvalue weighted by atomic mass is 35.5. The molecule has 0 saturated carbocycles. The van der Waals surface area contributed by atoms with Gasteiger partial charge in [0, 0.05) is 5.69 Å². The summed E-state index contributed by atoms with van der Waals surface area (Å²) in [6.45, 7) is 1.96. The minimum Gasteiger partial charge on any atom is -0.364 e. The number of pyridine rings is 2. The number of primary amides is 1. The fourth-order valence-corrected chi connectivity index (χ4v) is 4.17. The number of nitrogens with zero attached hydrogens (tertiary/aromatic N) is 6. The summed E-state index contributed by atoms with van der Waals surface area (Å²) in [4.78, 5) is 16.5. The van der Waals surface area contributed by atoms with E-state index in [0.29, 0.717) is 22.9 Å². The van der Waals surface area contributed by atoms with Crippen LogP contribution in [0.25, 0.3) is 22.9 Å². The topological polar surface area (TPSA) is 116 Å². The van der Waals surface area contributed by atoms with E-state index in [-0.39, 0.29) is 21.4 Å². The number of amides is 1. The molecule has 4 heterocycles. The zero-order valence-electron chi connectivity index (χ0n) is 17.5. The molecular formula is C22H15Cl2FN8O. The summed E-state index contributed by atoms with van der Waals surface area (Å²) in [6.07, 6.45) is 3.06. The molecule has 0 bridgehead atoms. The molecular weight excluding hydrogens is 482 g/mol. The second kappa shape index (κ2) is 8.40. The van der Waals surface area contributed by atoms with Crippen LogP contribution in [0, 0.1) is 12.7 Å². The van der Waals surface area contributed by atoms with Gasteiger partial charge in [0.1, 0.15) is 17.2 Å². The Morgan fingerprint density at radius 1 is 1.12 bits per heavy atom. The second-order valence-electron chi connectivity index (χ2n) is 7.36. The van der Waals surface area contributed by atoms with Crippen LogP contribution < -0.4 is 11.1 Å². The van der Waals surface area contributed by atoms with Crippen molar-refractivity contribution in [2.75, 3.05) is 5.32 Å². The van der Waals surface area contributed by atoms with Crippen LogP contribution in [0.3, 0.4) is 0 Å². The Hall–Kier alpha value is -4.02. The van der Waals surface area contributed by atoms with Crippen LogP contribution in [-0.4, -0.2) is 35.3 Å². The average Bonchev–Trinajstić information content (AvgIpc) is 3.39. The minimum absolute atomic E-state index is 0.0249. The lowest BCUT2D eigenvalue weighted by atomic mass is 10.3. The Bertz CT molecular complexity index is 1540. The van der Waals surface area contributed by atoms with E-state index >= 15 is 0 Å². The maximum Gasteiger partial charge on any atom is 0.271 e. The summed E-state index contributed by atoms with van der Waals surface area (Å²) in [6, 6.07) is 11.5. The molecule has 1 aromatic carbocycles. The van der Waals surface area contributed by atoms with Crippen molar-refractivity contribution in [3.63, 3.8) is 0 Å². The number of nitrogens with one attached hydrogen (secondary N) is 1. The van der Waals surface area contributed by atoms with Crippen molar-refractivity contribution >= 4 is 46.1 Å². The van der Waals surface area contributed by atoms with Gasteiger partial charge in [-0.2, -0.15) is 5.10 Å². The zero-order chi connectivity index (χ0) is 24.0. The maximum absolute atomic E-state index is 13.6. The summed E-state index contributed by atoms with van der Waals surface area (Å²) in [5.41, 5.74) is 8.81. The molecule has 4 aromatic heterocycles. The third-order valence-electron chi connectivity index (χ3n) is 5.05. The number of hydrogen-bond acceptors (Lipinski definition) is 6. The van der Waals surface area contributed by atoms with Crippen LogP contribution in [0.1, 0.15) is 16.2 Å². The standard InChI is InChI=1S/C22H15Cl2FN8O/c1-11-3-2-4-18-29-30-22(33(11)18)16-6-5-13(9-27-16)28-17-10-32(31-19(17)21(26)34)20-14(23)7-12(25)8-15(20)24/h2-10,28H,1H3,(H2,26,34). The second-order valence-corrected chi connectivity index (χ2v) is 8.17. The number of rotatable bonds is 5. The first-order valence-corrected chi connectivity index (χ1v) is 10.7. The van der Waals surface area contributed by atoms with Crippen molar-refractivity contribution in [2.45, 2.75) is 6.92 Å². The number of benzene rings is 1. The summed E-state index contributed by atoms with van der Waals surface area (Å²) in [7, 11) is 0. The number of fused-ring (bicyclic) bond motifs is 1. The summed E-state index contributed by atoms with van der Waals surface area (Å²) in [5, 5.41) is 15.7. The van der Waals surface area contributed by atoms with Gasteiger partial charge in [-0.3, -0.25) is 14.2 Å². The Labute approximate surface area is 202 Å². The van der Waals surface area contributed by atoms with Gasteiger partial charge in [-0.05, 0) is 43.3 Å². The Balaban J connectivity index is 1.48. The van der Waals surface area contributed by atoms with E-state index < -0.39 is 11.7 Å². The molecule has 0 unspecified atom stereocenters. The van der Waals surface area contributed by atoms with Crippen LogP contribution >= 0.6 is 23.2 Å². The number of carbonyl (C=O) groups is 1. The first-order valence-electron chi connectivity index (χ1n) is 9.90. The third-order valence-corrected chi connectivity index (χ3v) is 5.63. The SMILES string of the molecule is Cc1cccc2nnc(-c3ccc(Nc4cn(-c5c(Cl)cc(F)cc5Cl)nc4C(N)=O)cn3)n12. The summed E-state index contributed by atoms with van der Waals surface area (Å²) < 4.78 is 16.7. The van der Waals surface area contributed by atoms with Crippen molar-refractivity contribution in [3.05, 3.63) is 82.1 Å². The minimum atomic E-state index is -0.773. The molecule has 0 fully saturated rings. The predicted molar refractivity (Wildman–Crippen MR) is 126 cm³/mol. The van der Waals surface area contributed by atoms with Crippen molar-refractivity contribution in [1.82, 2.24) is 29.4 Å². The summed E-state index contributed by atoms with van der Waals surface area (Å²) >= 11 is 12.3. The van der Waals surface area contributed by atoms with E-state index in [1.165, 1.54) is 10.9 Å². The van der Waals surface area contributed by atoms with Crippen LogP contribution in [0.15, 0.2) is 54.9 Å². The molecule has 34 heavy (non-hydrogen) atoms. The molecule has 0 saturated heterocycles. The van der Waals surface area contributed by atoms with Gasteiger partial charge < -0.3 is 11.1 Å². The lowest BCUT2D eigenvalue weighted by molar-refractivity contribution is 0.0996. The molecule has 170 valence electrons. The monoisotopic (exact) mass is 496 g/mol. The van der Waals surface area contributed by atoms with Crippen LogP contribution in [-0.2, 0) is 0 Å². The largest absolute Gasteiger partial charge is 0.364 e. The fourth-order valence-electron chi connectivity index (χ4n) is 3.54. The number of nitrogens with two attached hydrogens (primary N) is 1. The van der Waals surface area contributed by atoms with Gasteiger partial charge in [0.2, 0.25) is 0 Å². The lowest BCUT2D eigenvalue weighted by Gasteiger charge is -2.07. The van der Waals surface area contributed by atoms with Gasteiger partial charge in [-0.15, -0.1) is 10.2 Å². The molecule has 0 atom stereocenters. The molecule has 0 radical (unpaired) electrons. The van der Waals surface area contributed by atoms with E-state index in [1.54, 1.807) is 18.3 Å². The van der Waals surface area contributed by atoms with Gasteiger partial charge in [0.15, 0.2) is 17.2 Å². The molecule has 0 aliphatic heterocycles. The zero-order valence-corrected chi connectivity index (χ0v) is 19.0. The van der Waals surface area contributed by atoms with Crippen LogP contribution in [0.4, 0.5) is 15.8 Å². The third kappa shape index (κ3) is 3.82. The Kier molecular flexibility index (Phi) is 5.39. The Morgan fingerprint density at radius 2 is 1.88 bits per heavy atom. The van der Waals surface area contributed by atoms with Gasteiger partial charge in [0.25, 0.3) is 5.91 Å². The molecule has 9 nitrogen and oxygen atoms in total. The number of halogens is 3. The van der Waals surface area contributed by atoms with Gasteiger partial charge in [-0.1, -0.05) is 29.3 Å². The average molecular weight is 497 g/mol. The fraction of sp³-hybridized carbons (Fsp3) is 0.0455. The van der Waals surface area contributed by atoms with Gasteiger partial charge >= 0.3 is 0 Å². The Morgan fingerprint density at radius 3 is 2.56 bits per heavy atom. The highest BCUT2D eigenvalue weighted by Gasteiger charge is 2.19. The molecule has 5 rings (SSSR count). The quantitative estimate of drug-likeness (QED) is 0.368. The van der Waals surface area contributed by atoms with E-state index in [2.05, 4.69) is 25.6 Å². The van der Waals surface area contributed by atoms with Gasteiger partial charge in [0.05, 0.1) is 33.8 Å². The predicted octanol–water partition coefficient (Wildman–Crippen LogP) is 4.57. The normalized spacial score (nSPS) is 11.2. The van der Waals surface area contributed by atoms with Crippen molar-refractivity contribution in [2.24, 2.45) is 5.73 Å². The van der Waals surface area contributed by atoms with E-state index in [9.17, 15) is 9.18 Å². The molecule has 0 aliphatic carbocycles. The first-order chi connectivity index (χ1) is 16.3. The molecule has 1 amide bonds. The highest BCUT2D eigenvalue weighted by molar-refractivity contribution is 6.37. The van der Waals surface area contributed by atoms with Crippen molar-refractivity contribution < 1.29 is 9.18 Å². The molecule has 3 N–H and O–H groups in total.